The molecule has 1 aromatic rings. The zero-order chi connectivity index (χ0) is 21.1. The molecule has 154 valence electrons. The van der Waals surface area contributed by atoms with Crippen LogP contribution in [0.2, 0.25) is 0 Å². The average Bonchev–Trinajstić information content (AvgIpc) is 3.30. The van der Waals surface area contributed by atoms with Crippen LogP contribution < -0.4 is 4.72 Å². The number of nitrogens with zero attached hydrogens (tertiary/aromatic N) is 3. The molecule has 1 atom stereocenters. The summed E-state index contributed by atoms with van der Waals surface area (Å²) in [7, 11) is -2.18. The zero-order valence-electron chi connectivity index (χ0n) is 16.7. The number of urea groups is 1. The van der Waals surface area contributed by atoms with Crippen molar-refractivity contribution in [2.45, 2.75) is 45.7 Å². The summed E-state index contributed by atoms with van der Waals surface area (Å²) >= 11 is 0. The van der Waals surface area contributed by atoms with Crippen LogP contribution in [0, 0.1) is 19.8 Å². The Hall–Kier alpha value is -2.59. The normalized spacial score (nSPS) is 23.4. The first-order valence-corrected chi connectivity index (χ1v) is 10.8. The minimum atomic E-state index is -3.75. The lowest BCUT2D eigenvalue weighted by atomic mass is 9.94. The summed E-state index contributed by atoms with van der Waals surface area (Å²) in [6.45, 7) is 5.32. The van der Waals surface area contributed by atoms with Gasteiger partial charge >= 0.3 is 11.9 Å². The Kier molecular flexibility index (Phi) is 4.39. The maximum Gasteiger partial charge on any atom is 0.500 e. The van der Waals surface area contributed by atoms with Crippen LogP contribution in [-0.4, -0.2) is 53.3 Å². The maximum absolute atomic E-state index is 13.1. The predicted molar refractivity (Wildman–Crippen MR) is 104 cm³/mol. The first kappa shape index (κ1) is 19.7. The second-order valence-electron chi connectivity index (χ2n) is 8.04. The number of aromatic nitrogens is 1. The summed E-state index contributed by atoms with van der Waals surface area (Å²) in [5, 5.41) is 3.86. The molecule has 3 aliphatic rings. The number of hydrogen-bond donors (Lipinski definition) is 1. The van der Waals surface area contributed by atoms with Crippen molar-refractivity contribution in [1.82, 2.24) is 14.8 Å². The van der Waals surface area contributed by atoms with Gasteiger partial charge in [-0.05, 0) is 51.8 Å². The van der Waals surface area contributed by atoms with E-state index in [4.69, 9.17) is 4.52 Å². The number of allylic oxidation sites excluding steroid dienone is 2. The molecule has 0 bridgehead atoms. The van der Waals surface area contributed by atoms with Gasteiger partial charge in [0.2, 0.25) is 10.0 Å². The molecule has 0 radical (unpaired) electrons. The van der Waals surface area contributed by atoms with Gasteiger partial charge < -0.3 is 4.52 Å². The van der Waals surface area contributed by atoms with Gasteiger partial charge in [0.25, 0.3) is 0 Å². The van der Waals surface area contributed by atoms with E-state index in [0.717, 1.165) is 17.7 Å². The van der Waals surface area contributed by atoms with Crippen LogP contribution in [0.1, 0.15) is 36.8 Å². The van der Waals surface area contributed by atoms with Gasteiger partial charge in [0.1, 0.15) is 23.9 Å². The van der Waals surface area contributed by atoms with Crippen molar-refractivity contribution < 1.29 is 27.1 Å². The minimum Gasteiger partial charge on any atom is -0.361 e. The van der Waals surface area contributed by atoms with Gasteiger partial charge in [-0.25, -0.2) is 17.9 Å². The molecule has 3 amide bonds. The van der Waals surface area contributed by atoms with Crippen molar-refractivity contribution in [3.05, 3.63) is 40.2 Å². The maximum atomic E-state index is 13.1. The molecule has 1 saturated carbocycles. The van der Waals surface area contributed by atoms with Gasteiger partial charge in [-0.3, -0.25) is 0 Å². The number of aryl methyl sites for hydroxylation is 2. The number of carbonyl (C=O) groups excluding carboxylic acids is 2. The van der Waals surface area contributed by atoms with Crippen molar-refractivity contribution in [3.63, 3.8) is 0 Å². The molecule has 0 saturated heterocycles. The summed E-state index contributed by atoms with van der Waals surface area (Å²) in [5.41, 5.74) is 1.29. The fourth-order valence-electron chi connectivity index (χ4n) is 3.53. The number of carbonyl (C=O) groups is 2. The van der Waals surface area contributed by atoms with Gasteiger partial charge in [-0.15, -0.1) is 0 Å². The van der Waals surface area contributed by atoms with Crippen LogP contribution in [-0.2, 0) is 21.4 Å². The molecule has 1 aliphatic heterocycles. The molecule has 2 heterocycles. The summed E-state index contributed by atoms with van der Waals surface area (Å²) < 4.78 is 34.6. The van der Waals surface area contributed by atoms with E-state index in [9.17, 15) is 18.0 Å². The van der Waals surface area contributed by atoms with Crippen LogP contribution in [0.3, 0.4) is 0 Å². The number of nitrogens with one attached hydrogen (secondary N) is 1. The average molecular weight is 419 g/mol. The van der Waals surface area contributed by atoms with Gasteiger partial charge in [0, 0.05) is 5.54 Å². The standard InChI is InChI=1S/C19H23N4O5S/c1-11-15(12(2)28-20-11)10-23-17(24)14-9-13(5-6-16(14)22(4)18(23)25)29(26,27)21-19(3)7-8-19/h5-6,9,14,21H,7-8,10H2,1-4H3/q+1. The van der Waals surface area contributed by atoms with E-state index in [2.05, 4.69) is 9.88 Å². The highest BCUT2D eigenvalue weighted by Gasteiger charge is 2.48. The van der Waals surface area contributed by atoms with E-state index in [1.165, 1.54) is 22.8 Å². The zero-order valence-corrected chi connectivity index (χ0v) is 17.5. The van der Waals surface area contributed by atoms with Crippen LogP contribution in [0.25, 0.3) is 0 Å². The lowest BCUT2D eigenvalue weighted by Gasteiger charge is -2.26. The number of hydrogen-bond acceptors (Lipinski definition) is 6. The SMILES string of the molecule is Cc1noc(C)c1CN1C(=O)C2C=C(S(=O)(=O)NC3(C)CC3)C=CC2=[N+](C)C1=O. The molecule has 9 nitrogen and oxygen atoms in total. The van der Waals surface area contributed by atoms with E-state index in [-0.39, 0.29) is 11.4 Å². The highest BCUT2D eigenvalue weighted by molar-refractivity contribution is 7.93. The molecule has 1 N–H and O–H groups in total. The molecule has 0 spiro atoms. The summed E-state index contributed by atoms with van der Waals surface area (Å²) in [5.74, 6) is -0.802. The highest BCUT2D eigenvalue weighted by Crippen LogP contribution is 2.36. The molecule has 1 fully saturated rings. The third-order valence-corrected chi connectivity index (χ3v) is 7.35. The summed E-state index contributed by atoms with van der Waals surface area (Å²) in [6.07, 6.45) is 5.93. The Morgan fingerprint density at radius 2 is 2.00 bits per heavy atom. The Labute approximate surface area is 168 Å². The highest BCUT2D eigenvalue weighted by atomic mass is 32.2. The van der Waals surface area contributed by atoms with Crippen molar-refractivity contribution >= 4 is 27.7 Å². The van der Waals surface area contributed by atoms with E-state index < -0.39 is 33.4 Å². The van der Waals surface area contributed by atoms with E-state index in [1.807, 2.05) is 6.92 Å². The molecular formula is C19H23N4O5S+. The van der Waals surface area contributed by atoms with Crippen LogP contribution in [0.15, 0.2) is 27.7 Å². The molecule has 10 heteroatoms. The van der Waals surface area contributed by atoms with Crippen molar-refractivity contribution in [3.8, 4) is 0 Å². The van der Waals surface area contributed by atoms with E-state index >= 15 is 0 Å². The lowest BCUT2D eigenvalue weighted by molar-refractivity contribution is -0.406. The molecular weight excluding hydrogens is 396 g/mol. The number of amides is 3. The van der Waals surface area contributed by atoms with Crippen LogP contribution >= 0.6 is 0 Å². The molecule has 4 rings (SSSR count). The van der Waals surface area contributed by atoms with Crippen LogP contribution in [0.4, 0.5) is 4.79 Å². The largest absolute Gasteiger partial charge is 0.500 e. The molecule has 0 aromatic carbocycles. The van der Waals surface area contributed by atoms with Gasteiger partial charge in [-0.2, -0.15) is 14.3 Å². The quantitative estimate of drug-likeness (QED) is 0.722. The van der Waals surface area contributed by atoms with E-state index in [0.29, 0.717) is 22.7 Å². The second kappa shape index (κ2) is 6.46. The Bertz CT molecular complexity index is 1100. The minimum absolute atomic E-state index is 0.0168. The monoisotopic (exact) mass is 419 g/mol. The molecule has 1 aromatic heterocycles. The number of fused-ring (bicyclic) bond motifs is 1. The topological polar surface area (TPSA) is 113 Å². The van der Waals surface area contributed by atoms with Gasteiger partial charge in [0.05, 0.1) is 23.2 Å². The third-order valence-electron chi connectivity index (χ3n) is 5.69. The number of rotatable bonds is 5. The Morgan fingerprint density at radius 1 is 1.31 bits per heavy atom. The summed E-state index contributed by atoms with van der Waals surface area (Å²) in [4.78, 5) is 27.1. The Morgan fingerprint density at radius 3 is 2.59 bits per heavy atom. The summed E-state index contributed by atoms with van der Waals surface area (Å²) in [6, 6.07) is -0.478. The fraction of sp³-hybridized carbons (Fsp3) is 0.474. The number of imide groups is 1. The molecule has 2 aliphatic carbocycles. The third kappa shape index (κ3) is 3.36. The smallest absolute Gasteiger partial charge is 0.361 e. The lowest BCUT2D eigenvalue weighted by Crippen LogP contribution is -2.53. The van der Waals surface area contributed by atoms with Gasteiger partial charge in [0.15, 0.2) is 0 Å². The Balaban J connectivity index is 1.68. The molecule has 1 unspecified atom stereocenters. The van der Waals surface area contributed by atoms with E-state index in [1.54, 1.807) is 20.9 Å². The number of sulfonamides is 1. The molecule has 29 heavy (non-hydrogen) atoms. The first-order valence-electron chi connectivity index (χ1n) is 9.34. The van der Waals surface area contributed by atoms with Crippen LogP contribution in [0.5, 0.6) is 0 Å². The van der Waals surface area contributed by atoms with Crippen molar-refractivity contribution in [2.75, 3.05) is 7.05 Å². The second-order valence-corrected chi connectivity index (χ2v) is 9.72. The van der Waals surface area contributed by atoms with Crippen molar-refractivity contribution in [2.24, 2.45) is 5.92 Å². The van der Waals surface area contributed by atoms with Crippen molar-refractivity contribution in [1.29, 1.82) is 0 Å². The predicted octanol–water partition coefficient (Wildman–Crippen LogP) is 1.38. The fourth-order valence-corrected chi connectivity index (χ4v) is 5.06. The van der Waals surface area contributed by atoms with Gasteiger partial charge in [-0.1, -0.05) is 5.16 Å². The first-order chi connectivity index (χ1) is 13.5.